The van der Waals surface area contributed by atoms with Crippen LogP contribution in [0.2, 0.25) is 0 Å². The smallest absolute Gasteiger partial charge is 0.337 e. The molecule has 0 fully saturated rings. The fourth-order valence-corrected chi connectivity index (χ4v) is 2.81. The van der Waals surface area contributed by atoms with Gasteiger partial charge in [-0.25, -0.2) is 9.78 Å². The Labute approximate surface area is 155 Å². The van der Waals surface area contributed by atoms with E-state index in [9.17, 15) is 14.9 Å². The molecule has 0 aliphatic heterocycles. The molecule has 2 aromatic carbocycles. The van der Waals surface area contributed by atoms with Gasteiger partial charge in [0.25, 0.3) is 5.69 Å². The first-order valence-electron chi connectivity index (χ1n) is 8.63. The lowest BCUT2D eigenvalue weighted by Crippen LogP contribution is -2.04. The normalized spacial score (nSPS) is 10.7. The molecule has 1 N–H and O–H groups in total. The average Bonchev–Trinajstić information content (AvgIpc) is 3.02. The molecule has 140 valence electrons. The van der Waals surface area contributed by atoms with Crippen LogP contribution in [0.3, 0.4) is 0 Å². The van der Waals surface area contributed by atoms with Crippen molar-refractivity contribution in [2.24, 2.45) is 0 Å². The largest absolute Gasteiger partial charge is 0.465 e. The van der Waals surface area contributed by atoms with Crippen LogP contribution in [0.4, 0.5) is 17.3 Å². The summed E-state index contributed by atoms with van der Waals surface area (Å²) >= 11 is 0. The number of fused-ring (bicyclic) bond motifs is 1. The van der Waals surface area contributed by atoms with Crippen LogP contribution in [0.25, 0.3) is 11.0 Å². The molecule has 0 radical (unpaired) electrons. The van der Waals surface area contributed by atoms with Gasteiger partial charge in [-0.15, -0.1) is 0 Å². The first-order valence-corrected chi connectivity index (χ1v) is 8.63. The topological polar surface area (TPSA) is 99.3 Å². The van der Waals surface area contributed by atoms with Gasteiger partial charge in [-0.2, -0.15) is 0 Å². The standard InChI is InChI=1S/C19H20N4O4/c1-3-4-11-22-17-10-5-13(18(24)27-2)12-16(17)21-19(22)20-14-6-8-15(9-7-14)23(25)26/h5-10,12H,3-4,11H2,1-2H3,(H,20,21). The minimum atomic E-state index is -0.436. The van der Waals surface area contributed by atoms with E-state index in [4.69, 9.17) is 4.74 Å². The second-order valence-corrected chi connectivity index (χ2v) is 6.06. The lowest BCUT2D eigenvalue weighted by molar-refractivity contribution is -0.384. The Morgan fingerprint density at radius 1 is 1.26 bits per heavy atom. The number of carbonyl (C=O) groups excluding carboxylic acids is 1. The lowest BCUT2D eigenvalue weighted by atomic mass is 10.2. The van der Waals surface area contributed by atoms with Gasteiger partial charge in [0.1, 0.15) is 0 Å². The fraction of sp³-hybridized carbons (Fsp3) is 0.263. The number of aryl methyl sites for hydroxylation is 1. The Bertz CT molecular complexity index is 979. The summed E-state index contributed by atoms with van der Waals surface area (Å²) in [6.07, 6.45) is 2.00. The molecule has 8 nitrogen and oxygen atoms in total. The number of aromatic nitrogens is 2. The van der Waals surface area contributed by atoms with Crippen LogP contribution in [0, 0.1) is 10.1 Å². The van der Waals surface area contributed by atoms with E-state index in [1.807, 2.05) is 10.6 Å². The fourth-order valence-electron chi connectivity index (χ4n) is 2.81. The number of nitrogens with zero attached hydrogens (tertiary/aromatic N) is 3. The van der Waals surface area contributed by atoms with Crippen LogP contribution >= 0.6 is 0 Å². The van der Waals surface area contributed by atoms with Crippen molar-refractivity contribution in [3.8, 4) is 0 Å². The van der Waals surface area contributed by atoms with Crippen LogP contribution in [-0.2, 0) is 11.3 Å². The highest BCUT2D eigenvalue weighted by molar-refractivity contribution is 5.94. The molecule has 1 aromatic heterocycles. The molecule has 0 amide bonds. The highest BCUT2D eigenvalue weighted by atomic mass is 16.6. The second-order valence-electron chi connectivity index (χ2n) is 6.06. The number of nitro benzene ring substituents is 1. The summed E-state index contributed by atoms with van der Waals surface area (Å²) in [6.45, 7) is 2.87. The number of carbonyl (C=O) groups is 1. The molecule has 0 atom stereocenters. The molecule has 0 saturated heterocycles. The zero-order chi connectivity index (χ0) is 19.4. The molecule has 0 spiro atoms. The van der Waals surface area contributed by atoms with E-state index in [0.29, 0.717) is 22.7 Å². The van der Waals surface area contributed by atoms with Gasteiger partial charge in [0, 0.05) is 24.4 Å². The number of ether oxygens (including phenoxy) is 1. The maximum absolute atomic E-state index is 11.8. The molecule has 3 aromatic rings. The first kappa shape index (κ1) is 18.4. The maximum Gasteiger partial charge on any atom is 0.337 e. The Kier molecular flexibility index (Phi) is 5.35. The third-order valence-electron chi connectivity index (χ3n) is 4.24. The molecule has 3 rings (SSSR count). The highest BCUT2D eigenvalue weighted by Crippen LogP contribution is 2.25. The minimum absolute atomic E-state index is 0.0303. The van der Waals surface area contributed by atoms with Gasteiger partial charge in [0.15, 0.2) is 0 Å². The van der Waals surface area contributed by atoms with Crippen molar-refractivity contribution in [1.82, 2.24) is 9.55 Å². The molecule has 0 unspecified atom stereocenters. The van der Waals surface area contributed by atoms with Crippen molar-refractivity contribution < 1.29 is 14.5 Å². The van der Waals surface area contributed by atoms with Crippen LogP contribution in [0.1, 0.15) is 30.1 Å². The number of nitrogens with one attached hydrogen (secondary N) is 1. The van der Waals surface area contributed by atoms with Crippen molar-refractivity contribution in [2.75, 3.05) is 12.4 Å². The van der Waals surface area contributed by atoms with Crippen molar-refractivity contribution in [2.45, 2.75) is 26.3 Å². The molecular formula is C19H20N4O4. The molecule has 0 bridgehead atoms. The van der Waals surface area contributed by atoms with E-state index in [1.54, 1.807) is 24.3 Å². The highest BCUT2D eigenvalue weighted by Gasteiger charge is 2.14. The summed E-state index contributed by atoms with van der Waals surface area (Å²) in [5.41, 5.74) is 2.75. The lowest BCUT2D eigenvalue weighted by Gasteiger charge is -2.10. The van der Waals surface area contributed by atoms with Crippen molar-refractivity contribution in [1.29, 1.82) is 0 Å². The predicted molar refractivity (Wildman–Crippen MR) is 102 cm³/mol. The van der Waals surface area contributed by atoms with E-state index in [0.717, 1.165) is 24.9 Å². The summed E-state index contributed by atoms with van der Waals surface area (Å²) in [5.74, 6) is 0.208. The van der Waals surface area contributed by atoms with Crippen LogP contribution < -0.4 is 5.32 Å². The number of hydrogen-bond acceptors (Lipinski definition) is 6. The molecule has 1 heterocycles. The molecule has 0 aliphatic rings. The summed E-state index contributed by atoms with van der Waals surface area (Å²) in [5, 5.41) is 14.0. The number of hydrogen-bond donors (Lipinski definition) is 1. The monoisotopic (exact) mass is 368 g/mol. The SMILES string of the molecule is CCCCn1c(Nc2ccc([N+](=O)[O-])cc2)nc2cc(C(=O)OC)ccc21. The maximum atomic E-state index is 11.8. The Hall–Kier alpha value is -3.42. The van der Waals surface area contributed by atoms with Gasteiger partial charge < -0.3 is 14.6 Å². The number of anilines is 2. The van der Waals surface area contributed by atoms with Gasteiger partial charge in [0.05, 0.1) is 28.6 Å². The van der Waals surface area contributed by atoms with Crippen molar-refractivity contribution >= 4 is 34.3 Å². The van der Waals surface area contributed by atoms with Crippen molar-refractivity contribution in [3.05, 3.63) is 58.1 Å². The number of unbranched alkanes of at least 4 members (excludes halogenated alkanes) is 1. The summed E-state index contributed by atoms with van der Waals surface area (Å²) in [6, 6.07) is 11.4. The third-order valence-corrected chi connectivity index (χ3v) is 4.24. The number of non-ortho nitro benzene ring substituents is 1. The van der Waals surface area contributed by atoms with Gasteiger partial charge >= 0.3 is 5.97 Å². The number of esters is 1. The summed E-state index contributed by atoms with van der Waals surface area (Å²) in [7, 11) is 1.34. The van der Waals surface area contributed by atoms with E-state index >= 15 is 0 Å². The number of benzene rings is 2. The van der Waals surface area contributed by atoms with Crippen LogP contribution in [0.5, 0.6) is 0 Å². The molecule has 0 saturated carbocycles. The van der Waals surface area contributed by atoms with Gasteiger partial charge in [-0.05, 0) is 36.8 Å². The van der Waals surface area contributed by atoms with Gasteiger partial charge in [-0.1, -0.05) is 13.3 Å². The van der Waals surface area contributed by atoms with E-state index in [1.165, 1.54) is 19.2 Å². The number of imidazole rings is 1. The molecular weight excluding hydrogens is 348 g/mol. The predicted octanol–water partition coefficient (Wildman–Crippen LogP) is 4.27. The number of nitro groups is 1. The Morgan fingerprint density at radius 2 is 2.00 bits per heavy atom. The van der Waals surface area contributed by atoms with Crippen molar-refractivity contribution in [3.63, 3.8) is 0 Å². The average molecular weight is 368 g/mol. The Balaban J connectivity index is 1.98. The quantitative estimate of drug-likeness (QED) is 0.380. The summed E-state index contributed by atoms with van der Waals surface area (Å²) < 4.78 is 6.81. The van der Waals surface area contributed by atoms with Crippen LogP contribution in [-0.4, -0.2) is 27.6 Å². The second kappa shape index (κ2) is 7.86. The number of rotatable bonds is 7. The van der Waals surface area contributed by atoms with Gasteiger partial charge in [-0.3, -0.25) is 10.1 Å². The van der Waals surface area contributed by atoms with E-state index in [-0.39, 0.29) is 5.69 Å². The summed E-state index contributed by atoms with van der Waals surface area (Å²) in [4.78, 5) is 26.7. The zero-order valence-corrected chi connectivity index (χ0v) is 15.1. The molecule has 27 heavy (non-hydrogen) atoms. The molecule has 0 aliphatic carbocycles. The van der Waals surface area contributed by atoms with Crippen LogP contribution in [0.15, 0.2) is 42.5 Å². The molecule has 8 heteroatoms. The third kappa shape index (κ3) is 3.89. The minimum Gasteiger partial charge on any atom is -0.465 e. The van der Waals surface area contributed by atoms with E-state index in [2.05, 4.69) is 17.2 Å². The zero-order valence-electron chi connectivity index (χ0n) is 15.1. The van der Waals surface area contributed by atoms with Gasteiger partial charge in [0.2, 0.25) is 5.95 Å². The van der Waals surface area contributed by atoms with E-state index < -0.39 is 10.9 Å². The first-order chi connectivity index (χ1) is 13.0. The number of methoxy groups -OCH3 is 1. The Morgan fingerprint density at radius 3 is 2.63 bits per heavy atom.